The van der Waals surface area contributed by atoms with Gasteiger partial charge in [0.05, 0.1) is 19.3 Å². The molecule has 2 aromatic carbocycles. The number of anilines is 1. The summed E-state index contributed by atoms with van der Waals surface area (Å²) in [5, 5.41) is 10.4. The molecular weight excluding hydrogens is 318 g/mol. The van der Waals surface area contributed by atoms with E-state index in [1.807, 2.05) is 24.3 Å². The van der Waals surface area contributed by atoms with Gasteiger partial charge in [0.15, 0.2) is 11.5 Å². The van der Waals surface area contributed by atoms with Gasteiger partial charge in [-0.2, -0.15) is 0 Å². The van der Waals surface area contributed by atoms with E-state index in [0.717, 1.165) is 23.5 Å². The van der Waals surface area contributed by atoms with Crippen molar-refractivity contribution in [3.8, 4) is 11.5 Å². The Morgan fingerprint density at radius 2 is 2.04 bits per heavy atom. The summed E-state index contributed by atoms with van der Waals surface area (Å²) in [6.07, 6.45) is 0.503. The molecule has 0 amide bonds. The summed E-state index contributed by atoms with van der Waals surface area (Å²) in [5.41, 5.74) is 3.59. The Morgan fingerprint density at radius 3 is 2.96 bits per heavy atom. The normalized spacial score (nSPS) is 19.1. The van der Waals surface area contributed by atoms with Gasteiger partial charge >= 0.3 is 0 Å². The number of hydrogen-bond donors (Lipinski definition) is 1. The molecule has 5 nitrogen and oxygen atoms in total. The molecule has 0 saturated carbocycles. The topological polar surface area (TPSA) is 51.2 Å². The highest BCUT2D eigenvalue weighted by atomic mass is 16.7. The fourth-order valence-electron chi connectivity index (χ4n) is 3.53. The van der Waals surface area contributed by atoms with E-state index in [9.17, 15) is 5.11 Å². The van der Waals surface area contributed by atoms with Gasteiger partial charge in [0, 0.05) is 18.3 Å². The van der Waals surface area contributed by atoms with Crippen molar-refractivity contribution >= 4 is 5.69 Å². The molecule has 2 atom stereocenters. The summed E-state index contributed by atoms with van der Waals surface area (Å²) in [6, 6.07) is 14.6. The van der Waals surface area contributed by atoms with Crippen molar-refractivity contribution in [1.29, 1.82) is 0 Å². The number of aliphatic hydroxyl groups excluding tert-OH is 1. The van der Waals surface area contributed by atoms with Crippen molar-refractivity contribution in [3.63, 3.8) is 0 Å². The minimum absolute atomic E-state index is 0.272. The van der Waals surface area contributed by atoms with Crippen molar-refractivity contribution in [2.75, 3.05) is 24.8 Å². The lowest BCUT2D eigenvalue weighted by Crippen LogP contribution is -2.38. The van der Waals surface area contributed by atoms with E-state index in [2.05, 4.69) is 30.0 Å². The van der Waals surface area contributed by atoms with Crippen LogP contribution in [0.5, 0.6) is 11.5 Å². The van der Waals surface area contributed by atoms with E-state index >= 15 is 0 Å². The van der Waals surface area contributed by atoms with Crippen molar-refractivity contribution in [2.24, 2.45) is 0 Å². The summed E-state index contributed by atoms with van der Waals surface area (Å²) in [5.74, 6) is 1.52. The first-order valence-electron chi connectivity index (χ1n) is 8.69. The zero-order chi connectivity index (χ0) is 17.2. The van der Waals surface area contributed by atoms with Crippen molar-refractivity contribution in [3.05, 3.63) is 53.6 Å². The Kier molecular flexibility index (Phi) is 4.51. The second-order valence-electron chi connectivity index (χ2n) is 6.69. The fourth-order valence-corrected chi connectivity index (χ4v) is 3.53. The first-order valence-corrected chi connectivity index (χ1v) is 8.69. The van der Waals surface area contributed by atoms with Crippen LogP contribution in [-0.2, 0) is 17.8 Å². The molecule has 0 aliphatic carbocycles. The molecule has 0 aromatic heterocycles. The second kappa shape index (κ2) is 6.94. The van der Waals surface area contributed by atoms with E-state index in [4.69, 9.17) is 14.2 Å². The lowest BCUT2D eigenvalue weighted by molar-refractivity contribution is 0.0315. The van der Waals surface area contributed by atoms with Crippen LogP contribution < -0.4 is 14.4 Å². The molecule has 0 radical (unpaired) electrons. The third kappa shape index (κ3) is 3.43. The molecular formula is C20H23NO4. The highest BCUT2D eigenvalue weighted by Crippen LogP contribution is 2.33. The Morgan fingerprint density at radius 1 is 1.20 bits per heavy atom. The molecule has 0 bridgehead atoms. The highest BCUT2D eigenvalue weighted by Gasteiger charge is 2.27. The van der Waals surface area contributed by atoms with Crippen LogP contribution in [0.15, 0.2) is 42.5 Å². The average Bonchev–Trinajstić information content (AvgIpc) is 3.19. The minimum atomic E-state index is -0.525. The van der Waals surface area contributed by atoms with E-state index in [-0.39, 0.29) is 6.79 Å². The van der Waals surface area contributed by atoms with E-state index < -0.39 is 6.10 Å². The standard InChI is InChI=1S/C20H23NO4/c1-14-8-16-4-2-3-5-18(16)21(14)10-17(22)12-23-11-15-6-7-19-20(9-15)25-13-24-19/h2-7,9,14,17,22H,8,10-13H2,1H3/t14-,17+/m1/s1. The third-order valence-corrected chi connectivity index (χ3v) is 4.77. The van der Waals surface area contributed by atoms with Crippen LogP contribution in [0, 0.1) is 0 Å². The minimum Gasteiger partial charge on any atom is -0.454 e. The Labute approximate surface area is 147 Å². The zero-order valence-corrected chi connectivity index (χ0v) is 14.4. The van der Waals surface area contributed by atoms with Crippen LogP contribution >= 0.6 is 0 Å². The molecule has 0 spiro atoms. The second-order valence-corrected chi connectivity index (χ2v) is 6.69. The lowest BCUT2D eigenvalue weighted by Gasteiger charge is -2.27. The molecule has 132 valence electrons. The molecule has 2 aliphatic heterocycles. The lowest BCUT2D eigenvalue weighted by atomic mass is 10.1. The quantitative estimate of drug-likeness (QED) is 0.876. The molecule has 25 heavy (non-hydrogen) atoms. The van der Waals surface area contributed by atoms with Crippen LogP contribution in [0.1, 0.15) is 18.1 Å². The number of benzene rings is 2. The largest absolute Gasteiger partial charge is 0.454 e. The summed E-state index contributed by atoms with van der Waals surface area (Å²) in [6.45, 7) is 3.80. The number of rotatable bonds is 6. The molecule has 2 aliphatic rings. The van der Waals surface area contributed by atoms with Gasteiger partial charge in [-0.1, -0.05) is 24.3 Å². The summed E-state index contributed by atoms with van der Waals surface area (Å²) >= 11 is 0. The predicted molar refractivity (Wildman–Crippen MR) is 95.2 cm³/mol. The number of ether oxygens (including phenoxy) is 3. The third-order valence-electron chi connectivity index (χ3n) is 4.77. The van der Waals surface area contributed by atoms with Crippen LogP contribution in [-0.4, -0.2) is 37.2 Å². The zero-order valence-electron chi connectivity index (χ0n) is 14.4. The predicted octanol–water partition coefficient (Wildman–Crippen LogP) is 2.74. The van der Waals surface area contributed by atoms with Gasteiger partial charge in [0.25, 0.3) is 0 Å². The molecule has 5 heteroatoms. The van der Waals surface area contributed by atoms with Gasteiger partial charge in [0.1, 0.15) is 0 Å². The first-order chi connectivity index (χ1) is 12.2. The highest BCUT2D eigenvalue weighted by molar-refractivity contribution is 5.59. The van der Waals surface area contributed by atoms with Crippen LogP contribution in [0.4, 0.5) is 5.69 Å². The first kappa shape index (κ1) is 16.2. The Balaban J connectivity index is 1.29. The van der Waals surface area contributed by atoms with Crippen LogP contribution in [0.3, 0.4) is 0 Å². The van der Waals surface area contributed by atoms with Crippen molar-refractivity contribution in [1.82, 2.24) is 0 Å². The molecule has 1 N–H and O–H groups in total. The van der Waals surface area contributed by atoms with Gasteiger partial charge in [0.2, 0.25) is 6.79 Å². The SMILES string of the molecule is C[C@@H]1Cc2ccccc2N1C[C@H](O)COCc1ccc2c(c1)OCO2. The van der Waals surface area contributed by atoms with Gasteiger partial charge in [-0.25, -0.2) is 0 Å². The molecule has 0 unspecified atom stereocenters. The van der Waals surface area contributed by atoms with Crippen LogP contribution in [0.2, 0.25) is 0 Å². The van der Waals surface area contributed by atoms with Crippen molar-refractivity contribution < 1.29 is 19.3 Å². The Bertz CT molecular complexity index is 748. The number of fused-ring (bicyclic) bond motifs is 2. The van der Waals surface area contributed by atoms with E-state index in [0.29, 0.717) is 25.8 Å². The maximum absolute atomic E-state index is 10.4. The molecule has 2 aromatic rings. The Hall–Kier alpha value is -2.24. The van der Waals surface area contributed by atoms with Gasteiger partial charge in [-0.15, -0.1) is 0 Å². The number of β-amino-alcohol motifs (C(OH)–C–C–N with tert-alkyl or cyclic N) is 1. The number of aliphatic hydroxyl groups is 1. The average molecular weight is 341 g/mol. The monoisotopic (exact) mass is 341 g/mol. The smallest absolute Gasteiger partial charge is 0.231 e. The molecule has 0 saturated heterocycles. The molecule has 0 fully saturated rings. The van der Waals surface area contributed by atoms with Gasteiger partial charge in [-0.3, -0.25) is 0 Å². The van der Waals surface area contributed by atoms with Gasteiger partial charge < -0.3 is 24.2 Å². The molecule has 4 rings (SSSR count). The van der Waals surface area contributed by atoms with E-state index in [1.165, 1.54) is 11.3 Å². The maximum Gasteiger partial charge on any atom is 0.231 e. The summed E-state index contributed by atoms with van der Waals surface area (Å²) in [7, 11) is 0. The fraction of sp³-hybridized carbons (Fsp3) is 0.400. The summed E-state index contributed by atoms with van der Waals surface area (Å²) < 4.78 is 16.4. The van der Waals surface area contributed by atoms with Crippen LogP contribution in [0.25, 0.3) is 0 Å². The summed E-state index contributed by atoms with van der Waals surface area (Å²) in [4.78, 5) is 2.27. The number of hydrogen-bond acceptors (Lipinski definition) is 5. The van der Waals surface area contributed by atoms with E-state index in [1.54, 1.807) is 0 Å². The number of nitrogens with zero attached hydrogens (tertiary/aromatic N) is 1. The number of para-hydroxylation sites is 1. The maximum atomic E-state index is 10.4. The van der Waals surface area contributed by atoms with Crippen molar-refractivity contribution in [2.45, 2.75) is 32.1 Å². The molecule has 2 heterocycles. The van der Waals surface area contributed by atoms with Gasteiger partial charge in [-0.05, 0) is 42.7 Å².